The van der Waals surface area contributed by atoms with Gasteiger partial charge in [0.25, 0.3) is 0 Å². The van der Waals surface area contributed by atoms with Crippen LogP contribution in [0.2, 0.25) is 0 Å². The topological polar surface area (TPSA) is 89.3 Å². The Bertz CT molecular complexity index is 1160. The Morgan fingerprint density at radius 3 is 2.41 bits per heavy atom. The van der Waals surface area contributed by atoms with Crippen LogP contribution in [0.5, 0.6) is 5.75 Å². The molecule has 1 unspecified atom stereocenters. The lowest BCUT2D eigenvalue weighted by atomic mass is 10.1. The fourth-order valence-corrected chi connectivity index (χ4v) is 4.96. The highest BCUT2D eigenvalue weighted by Gasteiger charge is 2.26. The lowest BCUT2D eigenvalue weighted by Gasteiger charge is -2.28. The van der Waals surface area contributed by atoms with Gasteiger partial charge in [0.05, 0.1) is 18.0 Å². The molecule has 1 atom stereocenters. The van der Waals surface area contributed by atoms with E-state index in [1.165, 1.54) is 25.1 Å². The van der Waals surface area contributed by atoms with Gasteiger partial charge in [-0.2, -0.15) is 0 Å². The first kappa shape index (κ1) is 23.8. The van der Waals surface area contributed by atoms with Gasteiger partial charge in [-0.15, -0.1) is 10.2 Å². The molecule has 9 heteroatoms. The first-order valence-electron chi connectivity index (χ1n) is 11.4. The molecule has 1 N–H and O–H groups in total. The second-order valence-electron chi connectivity index (χ2n) is 8.22. The van der Waals surface area contributed by atoms with Crippen molar-refractivity contribution in [2.24, 2.45) is 0 Å². The Hall–Kier alpha value is -3.33. The number of hydrogen-bond donors (Lipinski definition) is 1. The van der Waals surface area contributed by atoms with Crippen LogP contribution in [0.15, 0.2) is 53.7 Å². The van der Waals surface area contributed by atoms with Crippen LogP contribution in [-0.2, 0) is 4.79 Å². The summed E-state index contributed by atoms with van der Waals surface area (Å²) in [5.41, 5.74) is 2.08. The molecule has 4 rings (SSSR count). The zero-order valence-electron chi connectivity index (χ0n) is 19.7. The van der Waals surface area contributed by atoms with Gasteiger partial charge in [0, 0.05) is 31.3 Å². The van der Waals surface area contributed by atoms with E-state index in [9.17, 15) is 9.59 Å². The molecule has 1 amide bonds. The second kappa shape index (κ2) is 10.7. The molecule has 1 aliphatic rings. The summed E-state index contributed by atoms with van der Waals surface area (Å²) in [7, 11) is 1.65. The van der Waals surface area contributed by atoms with Crippen molar-refractivity contribution < 1.29 is 14.3 Å². The molecule has 1 aliphatic heterocycles. The summed E-state index contributed by atoms with van der Waals surface area (Å²) in [6.45, 7) is 5.17. The van der Waals surface area contributed by atoms with Crippen molar-refractivity contribution in [2.45, 2.75) is 43.5 Å². The van der Waals surface area contributed by atoms with Crippen molar-refractivity contribution in [2.75, 3.05) is 30.4 Å². The van der Waals surface area contributed by atoms with E-state index < -0.39 is 5.25 Å². The molecular formula is C25H29N5O3S. The van der Waals surface area contributed by atoms with Crippen molar-refractivity contribution in [3.8, 4) is 11.4 Å². The molecule has 0 aliphatic carbocycles. The molecule has 0 bridgehead atoms. The molecule has 0 spiro atoms. The van der Waals surface area contributed by atoms with Gasteiger partial charge in [-0.1, -0.05) is 23.9 Å². The number of ketones is 1. The summed E-state index contributed by atoms with van der Waals surface area (Å²) in [5, 5.41) is 12.0. The highest BCUT2D eigenvalue weighted by atomic mass is 32.2. The Kier molecular flexibility index (Phi) is 7.52. The first-order chi connectivity index (χ1) is 16.5. The van der Waals surface area contributed by atoms with E-state index in [1.807, 2.05) is 35.8 Å². The minimum Gasteiger partial charge on any atom is -0.495 e. The molecule has 0 saturated carbocycles. The lowest BCUT2D eigenvalue weighted by Crippen LogP contribution is -2.31. The Morgan fingerprint density at radius 1 is 1.03 bits per heavy atom. The summed E-state index contributed by atoms with van der Waals surface area (Å²) in [4.78, 5) is 26.7. The molecule has 8 nitrogen and oxygen atoms in total. The molecule has 34 heavy (non-hydrogen) atoms. The summed E-state index contributed by atoms with van der Waals surface area (Å²) in [6, 6.07) is 14.7. The number of thioether (sulfide) groups is 1. The Balaban J connectivity index is 1.62. The third-order valence-corrected chi connectivity index (χ3v) is 6.77. The maximum Gasteiger partial charge on any atom is 0.232 e. The predicted molar refractivity (Wildman–Crippen MR) is 134 cm³/mol. The van der Waals surface area contributed by atoms with Gasteiger partial charge in [0.2, 0.25) is 11.9 Å². The SMILES string of the molecule is COc1ccccc1-n1c(SC(C)C(=O)c2ccc(NC(C)=O)cc2)nnc1N1CCCCC1. The minimum atomic E-state index is -0.390. The van der Waals surface area contributed by atoms with Crippen LogP contribution in [0.4, 0.5) is 11.6 Å². The summed E-state index contributed by atoms with van der Waals surface area (Å²) >= 11 is 1.37. The number of carbonyl (C=O) groups is 2. The molecule has 0 radical (unpaired) electrons. The van der Waals surface area contributed by atoms with Gasteiger partial charge in [-0.25, -0.2) is 0 Å². The van der Waals surface area contributed by atoms with Crippen LogP contribution in [0.1, 0.15) is 43.5 Å². The number of methoxy groups -OCH3 is 1. The number of benzene rings is 2. The van der Waals surface area contributed by atoms with Crippen molar-refractivity contribution >= 4 is 35.1 Å². The van der Waals surface area contributed by atoms with Crippen molar-refractivity contribution in [1.29, 1.82) is 0 Å². The summed E-state index contributed by atoms with van der Waals surface area (Å²) in [6.07, 6.45) is 3.45. The quantitative estimate of drug-likeness (QED) is 0.373. The molecule has 178 valence electrons. The van der Waals surface area contributed by atoms with Gasteiger partial charge < -0.3 is 15.0 Å². The highest BCUT2D eigenvalue weighted by molar-refractivity contribution is 8.00. The van der Waals surface area contributed by atoms with Gasteiger partial charge in [0.15, 0.2) is 10.9 Å². The largest absolute Gasteiger partial charge is 0.495 e. The number of ether oxygens (including phenoxy) is 1. The van der Waals surface area contributed by atoms with Crippen LogP contribution in [0.25, 0.3) is 5.69 Å². The fraction of sp³-hybridized carbons (Fsp3) is 0.360. The normalized spacial score (nSPS) is 14.5. The number of aromatic nitrogens is 3. The maximum absolute atomic E-state index is 13.2. The zero-order valence-corrected chi connectivity index (χ0v) is 20.5. The second-order valence-corrected chi connectivity index (χ2v) is 9.53. The number of rotatable bonds is 8. The monoisotopic (exact) mass is 479 g/mol. The molecule has 1 aromatic heterocycles. The van der Waals surface area contributed by atoms with Crippen LogP contribution in [0, 0.1) is 0 Å². The zero-order chi connectivity index (χ0) is 24.1. The molecule has 2 aromatic carbocycles. The summed E-state index contributed by atoms with van der Waals surface area (Å²) < 4.78 is 7.62. The Morgan fingerprint density at radius 2 is 1.74 bits per heavy atom. The van der Waals surface area contributed by atoms with Crippen molar-refractivity contribution in [1.82, 2.24) is 14.8 Å². The van der Waals surface area contributed by atoms with E-state index in [0.717, 1.165) is 43.3 Å². The van der Waals surface area contributed by atoms with E-state index in [-0.39, 0.29) is 11.7 Å². The molecule has 3 aromatic rings. The van der Waals surface area contributed by atoms with Crippen LogP contribution >= 0.6 is 11.8 Å². The lowest BCUT2D eigenvalue weighted by molar-refractivity contribution is -0.114. The highest BCUT2D eigenvalue weighted by Crippen LogP contribution is 2.34. The van der Waals surface area contributed by atoms with Gasteiger partial charge >= 0.3 is 0 Å². The predicted octanol–water partition coefficient (Wildman–Crippen LogP) is 4.59. The number of para-hydroxylation sites is 2. The smallest absolute Gasteiger partial charge is 0.232 e. The maximum atomic E-state index is 13.2. The third-order valence-electron chi connectivity index (χ3n) is 5.72. The van der Waals surface area contributed by atoms with Crippen molar-refractivity contribution in [3.63, 3.8) is 0 Å². The van der Waals surface area contributed by atoms with Crippen LogP contribution in [-0.4, -0.2) is 51.9 Å². The average Bonchev–Trinajstić information content (AvgIpc) is 3.27. The number of nitrogens with zero attached hydrogens (tertiary/aromatic N) is 4. The minimum absolute atomic E-state index is 0.0199. The third kappa shape index (κ3) is 5.25. The molecular weight excluding hydrogens is 450 g/mol. The van der Waals surface area contributed by atoms with Gasteiger partial charge in [0.1, 0.15) is 5.75 Å². The first-order valence-corrected chi connectivity index (χ1v) is 12.3. The number of anilines is 2. The van der Waals surface area contributed by atoms with E-state index in [0.29, 0.717) is 16.4 Å². The Labute approximate surface area is 203 Å². The average molecular weight is 480 g/mol. The van der Waals surface area contributed by atoms with Crippen LogP contribution in [0.3, 0.4) is 0 Å². The number of Topliss-reactive ketones (excluding diaryl/α,β-unsaturated/α-hetero) is 1. The van der Waals surface area contributed by atoms with Gasteiger partial charge in [-0.3, -0.25) is 14.2 Å². The van der Waals surface area contributed by atoms with E-state index in [2.05, 4.69) is 20.4 Å². The fourth-order valence-electron chi connectivity index (χ4n) is 4.03. The van der Waals surface area contributed by atoms with Crippen molar-refractivity contribution in [3.05, 3.63) is 54.1 Å². The molecule has 1 fully saturated rings. The van der Waals surface area contributed by atoms with Gasteiger partial charge in [-0.05, 0) is 62.6 Å². The van der Waals surface area contributed by atoms with E-state index >= 15 is 0 Å². The number of hydrogen-bond acceptors (Lipinski definition) is 7. The number of piperidine rings is 1. The molecule has 1 saturated heterocycles. The molecule has 2 heterocycles. The number of carbonyl (C=O) groups excluding carboxylic acids is 2. The summed E-state index contributed by atoms with van der Waals surface area (Å²) in [5.74, 6) is 1.32. The van der Waals surface area contributed by atoms with E-state index in [4.69, 9.17) is 4.74 Å². The van der Waals surface area contributed by atoms with E-state index in [1.54, 1.807) is 31.4 Å². The standard InChI is InChI=1S/C25H29N5O3S/c1-17(23(32)19-11-13-20(14-12-19)26-18(2)31)34-25-28-27-24(29-15-7-4-8-16-29)30(25)21-9-5-6-10-22(21)33-3/h5-6,9-14,17H,4,7-8,15-16H2,1-3H3,(H,26,31). The van der Waals surface area contributed by atoms with Crippen LogP contribution < -0.4 is 15.0 Å². The number of nitrogens with one attached hydrogen (secondary N) is 1. The number of amides is 1.